The molecule has 2 heterocycles. The molecule has 0 spiro atoms. The monoisotopic (exact) mass is 347 g/mol. The van der Waals surface area contributed by atoms with Gasteiger partial charge in [0.1, 0.15) is 5.75 Å². The molecule has 1 saturated heterocycles. The van der Waals surface area contributed by atoms with Gasteiger partial charge in [0, 0.05) is 42.2 Å². The van der Waals surface area contributed by atoms with Crippen LogP contribution in [0.3, 0.4) is 0 Å². The van der Waals surface area contributed by atoms with Crippen molar-refractivity contribution in [3.8, 4) is 5.75 Å². The van der Waals surface area contributed by atoms with Crippen LogP contribution in [-0.2, 0) is 11.3 Å². The number of morpholine rings is 1. The third-order valence-electron chi connectivity index (χ3n) is 5.60. The van der Waals surface area contributed by atoms with Crippen LogP contribution in [0.4, 0.5) is 0 Å². The summed E-state index contributed by atoms with van der Waals surface area (Å²) in [6.45, 7) is 5.85. The first-order valence-electron chi connectivity index (χ1n) is 9.27. The largest absolute Gasteiger partial charge is 0.505 e. The fourth-order valence-electron chi connectivity index (χ4n) is 4.05. The number of nitrogens with zero attached hydrogens (tertiary/aromatic N) is 3. The summed E-state index contributed by atoms with van der Waals surface area (Å²) in [6, 6.07) is 0. The Morgan fingerprint density at radius 1 is 1.28 bits per heavy atom. The lowest BCUT2D eigenvalue weighted by atomic mass is 9.80. The molecule has 3 rings (SSSR count). The summed E-state index contributed by atoms with van der Waals surface area (Å²) in [5, 5.41) is 19.8. The van der Waals surface area contributed by atoms with Crippen LogP contribution in [0.5, 0.6) is 5.75 Å². The molecule has 1 saturated carbocycles. The summed E-state index contributed by atoms with van der Waals surface area (Å²) in [5.41, 5.74) is 1.85. The van der Waals surface area contributed by atoms with Gasteiger partial charge >= 0.3 is 0 Å². The first kappa shape index (κ1) is 18.3. The van der Waals surface area contributed by atoms with E-state index in [0.29, 0.717) is 16.8 Å². The van der Waals surface area contributed by atoms with E-state index >= 15 is 0 Å². The minimum Gasteiger partial charge on any atom is -0.505 e. The third kappa shape index (κ3) is 4.02. The van der Waals surface area contributed by atoms with E-state index in [-0.39, 0.29) is 17.9 Å². The SMILES string of the molecule is Cc1ncc(CO)c(C=NCC2(N3CCOCC3)CCCCC2)c1O. The molecular formula is C19H29N3O3. The van der Waals surface area contributed by atoms with Crippen molar-refractivity contribution in [2.75, 3.05) is 32.8 Å². The fourth-order valence-corrected chi connectivity index (χ4v) is 4.05. The zero-order valence-electron chi connectivity index (χ0n) is 15.1. The molecule has 0 bridgehead atoms. The Hall–Kier alpha value is -1.50. The zero-order chi connectivity index (χ0) is 17.7. The average Bonchev–Trinajstić information content (AvgIpc) is 2.67. The molecule has 6 heteroatoms. The van der Waals surface area contributed by atoms with E-state index in [9.17, 15) is 10.2 Å². The number of hydrogen-bond donors (Lipinski definition) is 2. The first-order chi connectivity index (χ1) is 12.2. The third-order valence-corrected chi connectivity index (χ3v) is 5.60. The Morgan fingerprint density at radius 2 is 2.00 bits per heavy atom. The standard InChI is InChI=1S/C19H29N3O3/c1-15-18(24)17(16(13-23)11-21-15)12-20-14-19(5-3-2-4-6-19)22-7-9-25-10-8-22/h11-12,23-24H,2-10,13-14H2,1H3. The molecule has 1 aliphatic carbocycles. The number of aliphatic imine (C=N–C) groups is 1. The van der Waals surface area contributed by atoms with E-state index in [1.807, 2.05) is 0 Å². The van der Waals surface area contributed by atoms with Crippen LogP contribution in [0.25, 0.3) is 0 Å². The van der Waals surface area contributed by atoms with Gasteiger partial charge in [-0.2, -0.15) is 0 Å². The van der Waals surface area contributed by atoms with Gasteiger partial charge < -0.3 is 14.9 Å². The van der Waals surface area contributed by atoms with Gasteiger partial charge in [-0.25, -0.2) is 0 Å². The summed E-state index contributed by atoms with van der Waals surface area (Å²) in [6.07, 6.45) is 9.44. The molecule has 0 radical (unpaired) electrons. The summed E-state index contributed by atoms with van der Waals surface area (Å²) < 4.78 is 5.52. The van der Waals surface area contributed by atoms with Gasteiger partial charge in [0.25, 0.3) is 0 Å². The Balaban J connectivity index is 1.79. The maximum Gasteiger partial charge on any atom is 0.145 e. The quantitative estimate of drug-likeness (QED) is 0.797. The predicted molar refractivity (Wildman–Crippen MR) is 97.2 cm³/mol. The number of ether oxygens (including phenoxy) is 1. The molecule has 1 aliphatic heterocycles. The van der Waals surface area contributed by atoms with Crippen molar-refractivity contribution >= 4 is 6.21 Å². The van der Waals surface area contributed by atoms with E-state index in [4.69, 9.17) is 9.73 Å². The van der Waals surface area contributed by atoms with E-state index in [1.54, 1.807) is 19.3 Å². The molecule has 138 valence electrons. The van der Waals surface area contributed by atoms with Crippen molar-refractivity contribution in [2.45, 2.75) is 51.2 Å². The molecule has 2 fully saturated rings. The van der Waals surface area contributed by atoms with Crippen molar-refractivity contribution in [3.05, 3.63) is 23.0 Å². The molecular weight excluding hydrogens is 318 g/mol. The lowest BCUT2D eigenvalue weighted by Gasteiger charge is -2.47. The van der Waals surface area contributed by atoms with Crippen LogP contribution < -0.4 is 0 Å². The fraction of sp³-hybridized carbons (Fsp3) is 0.684. The lowest BCUT2D eigenvalue weighted by Crippen LogP contribution is -2.56. The highest BCUT2D eigenvalue weighted by molar-refractivity contribution is 5.85. The van der Waals surface area contributed by atoms with Crippen LogP contribution in [-0.4, -0.2) is 64.7 Å². The molecule has 2 N–H and O–H groups in total. The van der Waals surface area contributed by atoms with Gasteiger partial charge in [0.05, 0.1) is 32.1 Å². The smallest absolute Gasteiger partial charge is 0.145 e. The van der Waals surface area contributed by atoms with Crippen molar-refractivity contribution in [2.24, 2.45) is 4.99 Å². The Labute approximate surface area is 149 Å². The Morgan fingerprint density at radius 3 is 2.68 bits per heavy atom. The normalized spacial score (nSPS) is 21.7. The molecule has 1 aromatic heterocycles. The van der Waals surface area contributed by atoms with Gasteiger partial charge in [-0.3, -0.25) is 14.9 Å². The number of hydrogen-bond acceptors (Lipinski definition) is 6. The second kappa shape index (κ2) is 8.25. The van der Waals surface area contributed by atoms with Crippen LogP contribution in [0, 0.1) is 6.92 Å². The minimum absolute atomic E-state index is 0.107. The molecule has 0 aromatic carbocycles. The van der Waals surface area contributed by atoms with Crippen LogP contribution >= 0.6 is 0 Å². The van der Waals surface area contributed by atoms with Gasteiger partial charge in [-0.15, -0.1) is 0 Å². The predicted octanol–water partition coefficient (Wildman–Crippen LogP) is 2.04. The van der Waals surface area contributed by atoms with Gasteiger partial charge in [0.2, 0.25) is 0 Å². The topological polar surface area (TPSA) is 78.2 Å². The highest BCUT2D eigenvalue weighted by Crippen LogP contribution is 2.34. The Bertz CT molecular complexity index is 606. The number of aromatic hydroxyl groups is 1. The second-order valence-electron chi connectivity index (χ2n) is 7.14. The highest BCUT2D eigenvalue weighted by atomic mass is 16.5. The van der Waals surface area contributed by atoms with Crippen LogP contribution in [0.2, 0.25) is 0 Å². The molecule has 0 atom stereocenters. The number of aliphatic hydroxyl groups is 1. The number of aryl methyl sites for hydroxylation is 1. The van der Waals surface area contributed by atoms with E-state index in [0.717, 1.165) is 32.8 Å². The minimum atomic E-state index is -0.156. The molecule has 25 heavy (non-hydrogen) atoms. The summed E-state index contributed by atoms with van der Waals surface area (Å²) in [7, 11) is 0. The number of pyridine rings is 1. The number of aromatic nitrogens is 1. The summed E-state index contributed by atoms with van der Waals surface area (Å²) in [4.78, 5) is 11.4. The van der Waals surface area contributed by atoms with E-state index in [2.05, 4.69) is 9.88 Å². The van der Waals surface area contributed by atoms with Crippen molar-refractivity contribution in [3.63, 3.8) is 0 Å². The first-order valence-corrected chi connectivity index (χ1v) is 9.27. The summed E-state index contributed by atoms with van der Waals surface area (Å²) in [5.74, 6) is 0.111. The van der Waals surface area contributed by atoms with Crippen LogP contribution in [0.1, 0.15) is 48.9 Å². The van der Waals surface area contributed by atoms with Crippen LogP contribution in [0.15, 0.2) is 11.2 Å². The number of rotatable bonds is 5. The van der Waals surface area contributed by atoms with Crippen molar-refractivity contribution in [1.82, 2.24) is 9.88 Å². The lowest BCUT2D eigenvalue weighted by molar-refractivity contribution is -0.0332. The summed E-state index contributed by atoms with van der Waals surface area (Å²) >= 11 is 0. The molecule has 6 nitrogen and oxygen atoms in total. The Kier molecular flexibility index (Phi) is 6.04. The zero-order valence-corrected chi connectivity index (χ0v) is 15.1. The average molecular weight is 347 g/mol. The maximum absolute atomic E-state index is 10.3. The molecule has 0 unspecified atom stereocenters. The molecule has 2 aliphatic rings. The number of aliphatic hydroxyl groups excluding tert-OH is 1. The van der Waals surface area contributed by atoms with Gasteiger partial charge in [0.15, 0.2) is 0 Å². The van der Waals surface area contributed by atoms with Crippen molar-refractivity contribution in [1.29, 1.82) is 0 Å². The van der Waals surface area contributed by atoms with E-state index in [1.165, 1.54) is 32.1 Å². The molecule has 0 amide bonds. The van der Waals surface area contributed by atoms with Gasteiger partial charge in [-0.1, -0.05) is 19.3 Å². The van der Waals surface area contributed by atoms with Crippen molar-refractivity contribution < 1.29 is 14.9 Å². The molecule has 1 aromatic rings. The van der Waals surface area contributed by atoms with Gasteiger partial charge in [-0.05, 0) is 19.8 Å². The maximum atomic E-state index is 10.3. The highest BCUT2D eigenvalue weighted by Gasteiger charge is 2.38. The van der Waals surface area contributed by atoms with E-state index < -0.39 is 0 Å². The second-order valence-corrected chi connectivity index (χ2v) is 7.14.